The van der Waals surface area contributed by atoms with E-state index in [4.69, 9.17) is 61.1 Å². The van der Waals surface area contributed by atoms with E-state index in [9.17, 15) is 30.1 Å². The molecule has 0 aromatic heterocycles. The van der Waals surface area contributed by atoms with Crippen LogP contribution in [0.1, 0.15) is 20.8 Å². The Morgan fingerprint density at radius 3 is 1.63 bits per heavy atom. The summed E-state index contributed by atoms with van der Waals surface area (Å²) in [4.78, 5) is 31.0. The largest absolute Gasteiger partial charge is 0.478 e. The molecule has 0 bridgehead atoms. The summed E-state index contributed by atoms with van der Waals surface area (Å²) in [7, 11) is 0. The van der Waals surface area contributed by atoms with E-state index in [-0.39, 0.29) is 49.6 Å². The van der Waals surface area contributed by atoms with E-state index in [2.05, 4.69) is 0 Å². The smallest absolute Gasteiger partial charge is 0.345 e. The molecular weight excluding hydrogens is 552 g/mol. The fourth-order valence-corrected chi connectivity index (χ4v) is 3.52. The maximum Gasteiger partial charge on any atom is 0.345 e. The van der Waals surface area contributed by atoms with Gasteiger partial charge in [-0.2, -0.15) is 5.26 Å². The Hall–Kier alpha value is -3.04. The van der Waals surface area contributed by atoms with E-state index >= 15 is 0 Å². The van der Waals surface area contributed by atoms with Crippen molar-refractivity contribution in [3.8, 4) is 17.6 Å². The minimum absolute atomic E-state index is 0.00412. The maximum absolute atomic E-state index is 11.2. The van der Waals surface area contributed by atoms with Crippen molar-refractivity contribution < 1.29 is 29.2 Å². The van der Waals surface area contributed by atoms with E-state index in [1.165, 1.54) is 0 Å². The van der Waals surface area contributed by atoms with Crippen LogP contribution in [-0.4, -0.2) is 33.6 Å². The molecule has 0 radical (unpaired) electrons. The molecule has 0 amide bonds. The van der Waals surface area contributed by atoms with Gasteiger partial charge in [-0.05, 0) is 0 Å². The number of ether oxygens (including phenoxy) is 2. The van der Waals surface area contributed by atoms with Gasteiger partial charge in [-0.25, -0.2) is 4.79 Å². The van der Waals surface area contributed by atoms with Crippen molar-refractivity contribution in [2.75, 3.05) is 6.61 Å². The summed E-state index contributed by atoms with van der Waals surface area (Å²) in [5.41, 5.74) is -1.23. The molecule has 0 aliphatic carbocycles. The summed E-state index contributed by atoms with van der Waals surface area (Å²) < 4.78 is 10.3. The zero-order valence-electron chi connectivity index (χ0n) is 18.3. The summed E-state index contributed by atoms with van der Waals surface area (Å²) in [6.07, 6.45) is -1.20. The normalized spacial score (nSPS) is 11.4. The Bertz CT molecular complexity index is 1130. The molecule has 11 nitrogen and oxygen atoms in total. The third kappa shape index (κ3) is 8.60. The second-order valence-electron chi connectivity index (χ2n) is 7.64. The van der Waals surface area contributed by atoms with Gasteiger partial charge in [0, 0.05) is 29.7 Å². The van der Waals surface area contributed by atoms with Crippen LogP contribution in [0.5, 0.6) is 11.5 Å². The average molecular weight is 569 g/mol. The minimum Gasteiger partial charge on any atom is -0.478 e. The number of benzene rings is 2. The van der Waals surface area contributed by atoms with Gasteiger partial charge in [0.2, 0.25) is 6.10 Å². The summed E-state index contributed by atoms with van der Waals surface area (Å²) in [6.45, 7) is 4.81. The maximum atomic E-state index is 11.2. The van der Waals surface area contributed by atoms with Crippen LogP contribution in [0.15, 0.2) is 24.3 Å². The Morgan fingerprint density at radius 2 is 1.34 bits per heavy atom. The highest BCUT2D eigenvalue weighted by molar-refractivity contribution is 6.38. The Morgan fingerprint density at radius 1 is 0.971 bits per heavy atom. The van der Waals surface area contributed by atoms with Crippen LogP contribution in [0.25, 0.3) is 0 Å². The molecule has 2 aromatic carbocycles. The second-order valence-corrected chi connectivity index (χ2v) is 9.27. The quantitative estimate of drug-likeness (QED) is 0.286. The van der Waals surface area contributed by atoms with Gasteiger partial charge >= 0.3 is 5.97 Å². The Balaban J connectivity index is 0.000000365. The molecule has 0 aliphatic heterocycles. The Labute approximate surface area is 219 Å². The van der Waals surface area contributed by atoms with Gasteiger partial charge in [0.15, 0.2) is 18.1 Å². The molecule has 0 saturated heterocycles. The molecule has 1 unspecified atom stereocenters. The topological polar surface area (TPSA) is 166 Å². The number of carbonyl (C=O) groups is 1. The number of halogens is 4. The molecule has 0 saturated carbocycles. The standard InChI is InChI=1S/C12H13Cl2NO5.C8H4Cl2N2O3/c1-12(2,3)10(11(16)17)20-9-7(13)4-6(15(18)19)5-8(9)14;9-6-3-5(12(13)14)4-7(10)8(6)15-2-1-11/h4-5,10H,1-3H3,(H,16,17);3-4H,2H2. The van der Waals surface area contributed by atoms with Crippen molar-refractivity contribution in [3.05, 3.63) is 64.6 Å². The van der Waals surface area contributed by atoms with Crippen molar-refractivity contribution in [2.45, 2.75) is 26.9 Å². The van der Waals surface area contributed by atoms with Crippen LogP contribution in [0.2, 0.25) is 20.1 Å². The van der Waals surface area contributed by atoms with Crippen molar-refractivity contribution >= 4 is 63.7 Å². The van der Waals surface area contributed by atoms with Gasteiger partial charge in [0.05, 0.1) is 29.9 Å². The SMILES string of the molecule is CC(C)(C)C(Oc1c(Cl)cc([N+](=O)[O-])cc1Cl)C(=O)O.N#CCOc1c(Cl)cc([N+](=O)[O-])cc1Cl. The number of hydrogen-bond donors (Lipinski definition) is 1. The fraction of sp³-hybridized carbons (Fsp3) is 0.300. The predicted octanol–water partition coefficient (Wildman–Crippen LogP) is 6.58. The molecule has 1 N–H and O–H groups in total. The lowest BCUT2D eigenvalue weighted by atomic mass is 9.89. The highest BCUT2D eigenvalue weighted by atomic mass is 35.5. The first kappa shape index (κ1) is 30.0. The van der Waals surface area contributed by atoms with Crippen LogP contribution >= 0.6 is 46.4 Å². The van der Waals surface area contributed by atoms with Crippen molar-refractivity contribution in [3.63, 3.8) is 0 Å². The highest BCUT2D eigenvalue weighted by Gasteiger charge is 2.34. The number of aliphatic carboxylic acids is 1. The zero-order valence-corrected chi connectivity index (χ0v) is 21.3. The molecule has 15 heteroatoms. The van der Waals surface area contributed by atoms with E-state index in [0.29, 0.717) is 0 Å². The minimum atomic E-state index is -1.20. The summed E-state index contributed by atoms with van der Waals surface area (Å²) in [5, 5.41) is 38.3. The third-order valence-electron chi connectivity index (χ3n) is 3.92. The average Bonchev–Trinajstić information content (AvgIpc) is 2.71. The number of nitro groups is 2. The van der Waals surface area contributed by atoms with E-state index in [1.54, 1.807) is 26.8 Å². The van der Waals surface area contributed by atoms with Gasteiger partial charge in [0.1, 0.15) is 6.07 Å². The molecule has 35 heavy (non-hydrogen) atoms. The van der Waals surface area contributed by atoms with Crippen LogP contribution in [0.3, 0.4) is 0 Å². The van der Waals surface area contributed by atoms with Crippen molar-refractivity contribution in [2.24, 2.45) is 5.41 Å². The molecule has 188 valence electrons. The number of nitriles is 1. The van der Waals surface area contributed by atoms with Crippen LogP contribution < -0.4 is 9.47 Å². The van der Waals surface area contributed by atoms with Crippen LogP contribution in [0.4, 0.5) is 11.4 Å². The summed E-state index contributed by atoms with van der Waals surface area (Å²) in [6, 6.07) is 6.08. The third-order valence-corrected chi connectivity index (χ3v) is 5.04. The number of carboxylic acids is 1. The lowest BCUT2D eigenvalue weighted by Gasteiger charge is -2.28. The molecule has 0 heterocycles. The number of nitrogens with zero attached hydrogens (tertiary/aromatic N) is 3. The molecule has 0 fully saturated rings. The zero-order chi connectivity index (χ0) is 27.1. The predicted molar refractivity (Wildman–Crippen MR) is 129 cm³/mol. The number of non-ortho nitro benzene ring substituents is 2. The summed E-state index contributed by atoms with van der Waals surface area (Å²) >= 11 is 23.1. The van der Waals surface area contributed by atoms with Gasteiger partial charge in [-0.3, -0.25) is 20.2 Å². The second kappa shape index (κ2) is 12.6. The van der Waals surface area contributed by atoms with E-state index in [1.807, 2.05) is 0 Å². The molecular formula is C20H17Cl4N3O8. The molecule has 2 rings (SSSR count). The van der Waals surface area contributed by atoms with Crippen molar-refractivity contribution in [1.29, 1.82) is 5.26 Å². The first-order valence-corrected chi connectivity index (χ1v) is 10.8. The molecule has 1 atom stereocenters. The molecule has 0 spiro atoms. The highest BCUT2D eigenvalue weighted by Crippen LogP contribution is 2.39. The van der Waals surface area contributed by atoms with Gasteiger partial charge in [0.25, 0.3) is 11.4 Å². The monoisotopic (exact) mass is 567 g/mol. The summed E-state index contributed by atoms with van der Waals surface area (Å²) in [5.74, 6) is -1.19. The van der Waals surface area contributed by atoms with Crippen LogP contribution in [-0.2, 0) is 4.79 Å². The first-order chi connectivity index (χ1) is 16.1. The van der Waals surface area contributed by atoms with Crippen molar-refractivity contribution in [1.82, 2.24) is 0 Å². The van der Waals surface area contributed by atoms with Gasteiger partial charge in [-0.15, -0.1) is 0 Å². The van der Waals surface area contributed by atoms with Crippen LogP contribution in [0, 0.1) is 37.0 Å². The van der Waals surface area contributed by atoms with Gasteiger partial charge in [-0.1, -0.05) is 67.2 Å². The Kier molecular flexibility index (Phi) is 10.8. The van der Waals surface area contributed by atoms with Gasteiger partial charge < -0.3 is 14.6 Å². The number of rotatable bonds is 7. The number of carboxylic acid groups (broad SMARTS) is 1. The molecule has 0 aliphatic rings. The lowest BCUT2D eigenvalue weighted by Crippen LogP contribution is -2.39. The van der Waals surface area contributed by atoms with E-state index < -0.39 is 27.3 Å². The lowest BCUT2D eigenvalue weighted by molar-refractivity contribution is -0.385. The number of hydrogen-bond acceptors (Lipinski definition) is 8. The first-order valence-electron chi connectivity index (χ1n) is 9.26. The van der Waals surface area contributed by atoms with E-state index in [0.717, 1.165) is 24.3 Å². The fourth-order valence-electron chi connectivity index (χ4n) is 2.37. The molecule has 2 aromatic rings. The number of nitro benzene ring substituents is 2.